The number of nitrogens with one attached hydrogen (secondary N) is 1. The van der Waals surface area contributed by atoms with Crippen molar-refractivity contribution in [1.82, 2.24) is 9.13 Å². The number of para-hydroxylation sites is 1. The molecule has 4 rings (SSSR count). The summed E-state index contributed by atoms with van der Waals surface area (Å²) in [6, 6.07) is 21.9. The van der Waals surface area contributed by atoms with E-state index in [1.807, 2.05) is 68.4 Å². The third-order valence-corrected chi connectivity index (χ3v) is 5.77. The second-order valence-corrected chi connectivity index (χ2v) is 8.63. The van der Waals surface area contributed by atoms with Gasteiger partial charge in [0.25, 0.3) is 0 Å². The van der Waals surface area contributed by atoms with Gasteiger partial charge in [-0.25, -0.2) is 0 Å². The molecule has 1 N–H and O–H groups in total. The summed E-state index contributed by atoms with van der Waals surface area (Å²) in [5, 5.41) is 3.29. The summed E-state index contributed by atoms with van der Waals surface area (Å²) < 4.78 is 2.62. The highest BCUT2D eigenvalue weighted by Gasteiger charge is 2.17. The van der Waals surface area contributed by atoms with Gasteiger partial charge in [0.2, 0.25) is 5.91 Å². The van der Waals surface area contributed by atoms with Crippen molar-refractivity contribution in [3.63, 3.8) is 0 Å². The van der Waals surface area contributed by atoms with E-state index in [9.17, 15) is 14.4 Å². The van der Waals surface area contributed by atoms with Gasteiger partial charge >= 0.3 is 11.1 Å². The van der Waals surface area contributed by atoms with Crippen LogP contribution in [-0.4, -0.2) is 15.0 Å². The van der Waals surface area contributed by atoms with Crippen molar-refractivity contribution in [3.05, 3.63) is 110 Å². The van der Waals surface area contributed by atoms with E-state index in [0.717, 1.165) is 11.1 Å². The number of hydrogen-bond acceptors (Lipinski definition) is 3. The maximum Gasteiger partial charge on any atom is 0.317 e. The number of carbonyl (C=O) groups is 1. The van der Waals surface area contributed by atoms with Gasteiger partial charge in [-0.05, 0) is 41.3 Å². The number of aromatic nitrogens is 2. The van der Waals surface area contributed by atoms with E-state index in [4.69, 9.17) is 11.6 Å². The van der Waals surface area contributed by atoms with Crippen molar-refractivity contribution in [2.45, 2.75) is 32.9 Å². The molecule has 33 heavy (non-hydrogen) atoms. The highest BCUT2D eigenvalue weighted by atomic mass is 35.5. The van der Waals surface area contributed by atoms with Crippen LogP contribution in [0.3, 0.4) is 0 Å². The maximum atomic E-state index is 13.1. The molecule has 0 fully saturated rings. The molecule has 168 valence electrons. The van der Waals surface area contributed by atoms with Crippen molar-refractivity contribution in [2.75, 3.05) is 5.32 Å². The predicted molar refractivity (Wildman–Crippen MR) is 132 cm³/mol. The van der Waals surface area contributed by atoms with Crippen molar-refractivity contribution < 1.29 is 4.79 Å². The minimum atomic E-state index is -0.770. The van der Waals surface area contributed by atoms with Gasteiger partial charge in [0, 0.05) is 10.7 Å². The van der Waals surface area contributed by atoms with Crippen molar-refractivity contribution in [1.29, 1.82) is 0 Å². The van der Waals surface area contributed by atoms with Crippen LogP contribution in [0.2, 0.25) is 5.02 Å². The number of hydrogen-bond donors (Lipinski definition) is 1. The van der Waals surface area contributed by atoms with Gasteiger partial charge in [0.15, 0.2) is 0 Å². The average Bonchev–Trinajstić information content (AvgIpc) is 2.80. The van der Waals surface area contributed by atoms with Crippen LogP contribution < -0.4 is 16.4 Å². The first-order valence-electron chi connectivity index (χ1n) is 10.7. The van der Waals surface area contributed by atoms with E-state index < -0.39 is 17.0 Å². The number of nitrogens with zero attached hydrogens (tertiary/aromatic N) is 2. The largest absolute Gasteiger partial charge is 0.324 e. The Morgan fingerprint density at radius 3 is 2.27 bits per heavy atom. The summed E-state index contributed by atoms with van der Waals surface area (Å²) in [4.78, 5) is 39.0. The van der Waals surface area contributed by atoms with Crippen molar-refractivity contribution >= 4 is 34.2 Å². The second kappa shape index (κ2) is 9.46. The van der Waals surface area contributed by atoms with Crippen LogP contribution >= 0.6 is 11.6 Å². The molecule has 0 saturated heterocycles. The Hall–Kier alpha value is -3.64. The van der Waals surface area contributed by atoms with Gasteiger partial charge in [-0.1, -0.05) is 74.0 Å². The minimum absolute atomic E-state index is 0.214. The van der Waals surface area contributed by atoms with Gasteiger partial charge in [-0.2, -0.15) is 0 Å². The van der Waals surface area contributed by atoms with Crippen molar-refractivity contribution in [2.24, 2.45) is 0 Å². The molecule has 0 radical (unpaired) electrons. The molecule has 0 unspecified atom stereocenters. The summed E-state index contributed by atoms with van der Waals surface area (Å²) in [7, 11) is 0. The second-order valence-electron chi connectivity index (χ2n) is 8.19. The third kappa shape index (κ3) is 4.76. The van der Waals surface area contributed by atoms with Gasteiger partial charge < -0.3 is 5.32 Å². The number of carbonyl (C=O) groups excluding carboxylic acids is 1. The number of benzene rings is 3. The summed E-state index contributed by atoms with van der Waals surface area (Å²) in [6.07, 6.45) is 0. The molecule has 0 atom stereocenters. The highest BCUT2D eigenvalue weighted by molar-refractivity contribution is 6.31. The van der Waals surface area contributed by atoms with Gasteiger partial charge in [0.05, 0.1) is 17.6 Å². The average molecular weight is 462 g/mol. The van der Waals surface area contributed by atoms with Crippen LogP contribution in [0.15, 0.2) is 82.4 Å². The van der Waals surface area contributed by atoms with Crippen LogP contribution in [0.25, 0.3) is 11.0 Å². The normalized spacial score (nSPS) is 11.2. The zero-order valence-corrected chi connectivity index (χ0v) is 19.2. The van der Waals surface area contributed by atoms with Crippen LogP contribution in [0.1, 0.15) is 30.9 Å². The molecular weight excluding hydrogens is 438 g/mol. The molecule has 1 heterocycles. The predicted octanol–water partition coefficient (Wildman–Crippen LogP) is 4.63. The molecule has 3 aromatic carbocycles. The van der Waals surface area contributed by atoms with E-state index >= 15 is 0 Å². The standard InChI is InChI=1S/C26H24ClN3O3/c1-17(2)20-10-6-7-11-21(20)28-24(31)16-30-23-14-19(27)12-13-22(23)29(25(32)26(30)33)15-18-8-4-3-5-9-18/h3-14,17H,15-16H2,1-2H3,(H,28,31). The quantitative estimate of drug-likeness (QED) is 0.425. The Morgan fingerprint density at radius 2 is 1.55 bits per heavy atom. The molecule has 0 aliphatic carbocycles. The van der Waals surface area contributed by atoms with Crippen LogP contribution in [0, 0.1) is 0 Å². The lowest BCUT2D eigenvalue weighted by Crippen LogP contribution is -2.43. The van der Waals surface area contributed by atoms with Crippen LogP contribution in [0.5, 0.6) is 0 Å². The Balaban J connectivity index is 1.76. The van der Waals surface area contributed by atoms with E-state index in [1.54, 1.807) is 18.2 Å². The molecule has 1 aromatic heterocycles. The number of fused-ring (bicyclic) bond motifs is 1. The topological polar surface area (TPSA) is 73.1 Å². The zero-order valence-electron chi connectivity index (χ0n) is 18.4. The molecule has 7 heteroatoms. The first-order chi connectivity index (χ1) is 15.8. The molecule has 0 bridgehead atoms. The Bertz CT molecular complexity index is 1440. The third-order valence-electron chi connectivity index (χ3n) is 5.53. The van der Waals surface area contributed by atoms with Gasteiger partial charge in [0.1, 0.15) is 6.54 Å². The molecule has 1 amide bonds. The molecule has 0 aliphatic heterocycles. The van der Waals surface area contributed by atoms with Gasteiger partial charge in [-0.15, -0.1) is 0 Å². The summed E-state index contributed by atoms with van der Waals surface area (Å²) in [5.41, 5.74) is 2.06. The smallest absolute Gasteiger partial charge is 0.317 e. The van der Waals surface area contributed by atoms with E-state index in [2.05, 4.69) is 5.32 Å². The Morgan fingerprint density at radius 1 is 0.879 bits per heavy atom. The molecular formula is C26H24ClN3O3. The molecule has 0 saturated carbocycles. The zero-order chi connectivity index (χ0) is 23.5. The van der Waals surface area contributed by atoms with Crippen LogP contribution in [0.4, 0.5) is 5.69 Å². The lowest BCUT2D eigenvalue weighted by molar-refractivity contribution is -0.116. The summed E-state index contributed by atoms with van der Waals surface area (Å²) in [6.45, 7) is 4.01. The fraction of sp³-hybridized carbons (Fsp3) is 0.192. The molecule has 6 nitrogen and oxygen atoms in total. The highest BCUT2D eigenvalue weighted by Crippen LogP contribution is 2.24. The Kier molecular flexibility index (Phi) is 6.47. The van der Waals surface area contributed by atoms with Gasteiger partial charge in [-0.3, -0.25) is 23.5 Å². The van der Waals surface area contributed by atoms with E-state index in [1.165, 1.54) is 9.13 Å². The SMILES string of the molecule is CC(C)c1ccccc1NC(=O)Cn1c(=O)c(=O)n(Cc2ccccc2)c2ccc(Cl)cc21. The summed E-state index contributed by atoms with van der Waals surface area (Å²) in [5.74, 6) is -0.183. The number of anilines is 1. The van der Waals surface area contributed by atoms with E-state index in [-0.39, 0.29) is 19.0 Å². The maximum absolute atomic E-state index is 13.1. The fourth-order valence-corrected chi connectivity index (χ4v) is 4.08. The van der Waals surface area contributed by atoms with Crippen molar-refractivity contribution in [3.8, 4) is 0 Å². The Labute approximate surface area is 196 Å². The first kappa shape index (κ1) is 22.6. The molecule has 0 aliphatic rings. The monoisotopic (exact) mass is 461 g/mol. The summed E-state index contributed by atoms with van der Waals surface area (Å²) >= 11 is 6.21. The fourth-order valence-electron chi connectivity index (χ4n) is 3.92. The first-order valence-corrected chi connectivity index (χ1v) is 11.1. The lowest BCUT2D eigenvalue weighted by Gasteiger charge is -2.17. The molecule has 0 spiro atoms. The lowest BCUT2D eigenvalue weighted by atomic mass is 10.0. The molecule has 4 aromatic rings. The number of halogens is 1. The number of amides is 1. The number of rotatable bonds is 6. The van der Waals surface area contributed by atoms with E-state index in [0.29, 0.717) is 21.7 Å². The minimum Gasteiger partial charge on any atom is -0.324 e. The van der Waals surface area contributed by atoms with Crippen LogP contribution in [-0.2, 0) is 17.9 Å².